The number of Topliss-reactive ketones (excluding diaryl/α,β-unsaturated/α-hetero) is 1. The van der Waals surface area contributed by atoms with Crippen LogP contribution in [0.5, 0.6) is 0 Å². The van der Waals surface area contributed by atoms with Crippen molar-refractivity contribution in [2.75, 3.05) is 65.4 Å². The Morgan fingerprint density at radius 2 is 1.12 bits per heavy atom. The fraction of sp³-hybridized carbons (Fsp3) is 0.762. The van der Waals surface area contributed by atoms with E-state index >= 15 is 0 Å². The molecule has 1 unspecified atom stereocenters. The van der Waals surface area contributed by atoms with Crippen molar-refractivity contribution in [3.8, 4) is 0 Å². The van der Waals surface area contributed by atoms with Gasteiger partial charge in [-0.3, -0.25) is 29.1 Å². The maximum Gasteiger partial charge on any atom is 0.407 e. The van der Waals surface area contributed by atoms with Crippen LogP contribution in [0.4, 0.5) is 4.79 Å². The van der Waals surface area contributed by atoms with Crippen LogP contribution < -0.4 is 0 Å². The number of carboxylic acids is 3. The number of aliphatic carboxylic acids is 3. The lowest BCUT2D eigenvalue weighted by atomic mass is 10.1. The van der Waals surface area contributed by atoms with Gasteiger partial charge >= 0.3 is 24.0 Å². The molecule has 1 saturated heterocycles. The summed E-state index contributed by atoms with van der Waals surface area (Å²) in [6.45, 7) is 5.70. The summed E-state index contributed by atoms with van der Waals surface area (Å²) < 4.78 is 0. The van der Waals surface area contributed by atoms with Gasteiger partial charge < -0.3 is 30.1 Å². The van der Waals surface area contributed by atoms with Gasteiger partial charge in [-0.05, 0) is 13.3 Å². The third-order valence-electron chi connectivity index (χ3n) is 5.26. The average molecular weight is 491 g/mol. The summed E-state index contributed by atoms with van der Waals surface area (Å²) >= 11 is 0. The molecule has 1 amide bonds. The van der Waals surface area contributed by atoms with Crippen LogP contribution in [-0.2, 0) is 19.2 Å². The van der Waals surface area contributed by atoms with E-state index in [1.54, 1.807) is 14.7 Å². The van der Waals surface area contributed by atoms with Crippen molar-refractivity contribution in [2.24, 2.45) is 0 Å². The summed E-state index contributed by atoms with van der Waals surface area (Å²) in [4.78, 5) is 63.0. The molecule has 0 aromatic heterocycles. The normalized spacial score (nSPS) is 17.9. The Kier molecular flexibility index (Phi) is 15.4. The van der Waals surface area contributed by atoms with Crippen molar-refractivity contribution in [3.05, 3.63) is 0 Å². The molecule has 0 bridgehead atoms. The molecular weight excluding hydrogens is 452 g/mol. The molecule has 0 aromatic carbocycles. The van der Waals surface area contributed by atoms with Gasteiger partial charge in [-0.25, -0.2) is 4.79 Å². The van der Waals surface area contributed by atoms with Gasteiger partial charge in [0.2, 0.25) is 0 Å². The van der Waals surface area contributed by atoms with Crippen LogP contribution in [0.1, 0.15) is 33.6 Å². The number of ketones is 1. The Morgan fingerprint density at radius 3 is 1.53 bits per heavy atom. The van der Waals surface area contributed by atoms with E-state index in [0.717, 1.165) is 4.90 Å². The minimum Gasteiger partial charge on any atom is -0.480 e. The van der Waals surface area contributed by atoms with E-state index < -0.39 is 30.0 Å². The topological polar surface area (TPSA) is 179 Å². The smallest absolute Gasteiger partial charge is 0.407 e. The van der Waals surface area contributed by atoms with Gasteiger partial charge in [0.15, 0.2) is 0 Å². The highest BCUT2D eigenvalue weighted by Gasteiger charge is 2.28. The van der Waals surface area contributed by atoms with Crippen molar-refractivity contribution in [1.82, 2.24) is 19.6 Å². The standard InChI is InChI=1S/C19H32N4O9.C2H6/c1-14(24)2-3-15(18(29)30)22-8-6-20(12-16(25)26)4-5-21(13-17(27)28)7-9-23(11-10-22)19(31)32;1-2/h15H,2-13H2,1H3,(H,25,26)(H,27,28)(H,29,30)(H,31,32);1-2H3. The Bertz CT molecular complexity index is 689. The van der Waals surface area contributed by atoms with Gasteiger partial charge in [-0.15, -0.1) is 0 Å². The zero-order valence-electron chi connectivity index (χ0n) is 20.2. The molecule has 0 radical (unpaired) electrons. The number of nitrogens with zero attached hydrogens (tertiary/aromatic N) is 4. The van der Waals surface area contributed by atoms with Gasteiger partial charge in [-0.2, -0.15) is 0 Å². The van der Waals surface area contributed by atoms with Crippen LogP contribution >= 0.6 is 0 Å². The fourth-order valence-electron chi connectivity index (χ4n) is 3.52. The maximum absolute atomic E-state index is 11.9. The minimum absolute atomic E-state index is 0.0145. The van der Waals surface area contributed by atoms with Crippen molar-refractivity contribution in [1.29, 1.82) is 0 Å². The van der Waals surface area contributed by atoms with Crippen LogP contribution in [0.15, 0.2) is 0 Å². The summed E-state index contributed by atoms with van der Waals surface area (Å²) in [5.41, 5.74) is 0. The van der Waals surface area contributed by atoms with E-state index in [-0.39, 0.29) is 84.1 Å². The predicted molar refractivity (Wildman–Crippen MR) is 122 cm³/mol. The molecule has 1 fully saturated rings. The number of rotatable bonds is 9. The second-order valence-electron chi connectivity index (χ2n) is 7.74. The quantitative estimate of drug-likeness (QED) is 0.338. The number of carboxylic acid groups (broad SMARTS) is 4. The predicted octanol–water partition coefficient (Wildman–Crippen LogP) is -0.0962. The van der Waals surface area contributed by atoms with E-state index in [4.69, 9.17) is 5.11 Å². The lowest BCUT2D eigenvalue weighted by molar-refractivity contribution is -0.144. The third-order valence-corrected chi connectivity index (χ3v) is 5.26. The number of carbonyl (C=O) groups excluding carboxylic acids is 1. The van der Waals surface area contributed by atoms with Crippen molar-refractivity contribution < 1.29 is 44.4 Å². The zero-order valence-corrected chi connectivity index (χ0v) is 20.2. The van der Waals surface area contributed by atoms with E-state index in [1.165, 1.54) is 6.92 Å². The number of hydrogen-bond donors (Lipinski definition) is 4. The summed E-state index contributed by atoms with van der Waals surface area (Å²) in [5.74, 6) is -3.46. The fourth-order valence-corrected chi connectivity index (χ4v) is 3.52. The molecule has 1 aliphatic rings. The molecule has 0 saturated carbocycles. The summed E-state index contributed by atoms with van der Waals surface area (Å²) in [6.07, 6.45) is -1.09. The molecule has 34 heavy (non-hydrogen) atoms. The van der Waals surface area contributed by atoms with Gasteiger partial charge in [-0.1, -0.05) is 13.8 Å². The SMILES string of the molecule is CC.CC(=O)CCC(C(=O)O)N1CCN(CC(=O)O)CCN(CC(=O)O)CCN(C(=O)O)CC1. The van der Waals surface area contributed by atoms with Crippen LogP contribution in [-0.4, -0.2) is 141 Å². The monoisotopic (exact) mass is 490 g/mol. The molecule has 1 heterocycles. The van der Waals surface area contributed by atoms with Crippen LogP contribution in [0.3, 0.4) is 0 Å². The minimum atomic E-state index is -1.21. The van der Waals surface area contributed by atoms with E-state index in [0.29, 0.717) is 0 Å². The Balaban J connectivity index is 0.00000529. The summed E-state index contributed by atoms with van der Waals surface area (Å²) in [7, 11) is 0. The first-order valence-corrected chi connectivity index (χ1v) is 11.3. The van der Waals surface area contributed by atoms with Crippen LogP contribution in [0, 0.1) is 0 Å². The highest BCUT2D eigenvalue weighted by atomic mass is 16.4. The summed E-state index contributed by atoms with van der Waals surface area (Å²) in [5, 5.41) is 37.5. The molecule has 4 N–H and O–H groups in total. The summed E-state index contributed by atoms with van der Waals surface area (Å²) in [6, 6.07) is -1.02. The van der Waals surface area contributed by atoms with Gasteiger partial charge in [0, 0.05) is 58.8 Å². The lowest BCUT2D eigenvalue weighted by Crippen LogP contribution is -2.52. The highest BCUT2D eigenvalue weighted by Crippen LogP contribution is 2.11. The molecule has 0 aromatic rings. The second-order valence-corrected chi connectivity index (χ2v) is 7.74. The Morgan fingerprint density at radius 1 is 0.706 bits per heavy atom. The Labute approximate surface area is 199 Å². The van der Waals surface area contributed by atoms with Crippen molar-refractivity contribution in [3.63, 3.8) is 0 Å². The van der Waals surface area contributed by atoms with Crippen LogP contribution in [0.25, 0.3) is 0 Å². The number of hydrogen-bond acceptors (Lipinski definition) is 8. The average Bonchev–Trinajstić information content (AvgIpc) is 2.73. The first kappa shape index (κ1) is 31.2. The number of amides is 1. The molecule has 1 atom stereocenters. The number of carbonyl (C=O) groups is 5. The van der Waals surface area contributed by atoms with E-state index in [1.807, 2.05) is 13.8 Å². The largest absolute Gasteiger partial charge is 0.480 e. The van der Waals surface area contributed by atoms with Gasteiger partial charge in [0.1, 0.15) is 11.8 Å². The van der Waals surface area contributed by atoms with Gasteiger partial charge in [0.05, 0.1) is 13.1 Å². The molecular formula is C21H38N4O9. The molecule has 196 valence electrons. The van der Waals surface area contributed by atoms with E-state index in [2.05, 4.69) is 0 Å². The first-order chi connectivity index (χ1) is 16.0. The molecule has 13 nitrogen and oxygen atoms in total. The molecule has 1 aliphatic heterocycles. The molecule has 0 aliphatic carbocycles. The highest BCUT2D eigenvalue weighted by molar-refractivity contribution is 5.78. The first-order valence-electron chi connectivity index (χ1n) is 11.3. The zero-order chi connectivity index (χ0) is 26.3. The maximum atomic E-state index is 11.9. The van der Waals surface area contributed by atoms with Gasteiger partial charge in [0.25, 0.3) is 0 Å². The van der Waals surface area contributed by atoms with Crippen molar-refractivity contribution >= 4 is 29.8 Å². The molecule has 0 spiro atoms. The second kappa shape index (κ2) is 16.8. The lowest BCUT2D eigenvalue weighted by Gasteiger charge is -2.35. The Hall–Kier alpha value is -2.77. The third kappa shape index (κ3) is 13.1. The van der Waals surface area contributed by atoms with Crippen molar-refractivity contribution in [2.45, 2.75) is 39.7 Å². The molecule has 1 rings (SSSR count). The van der Waals surface area contributed by atoms with Crippen LogP contribution in [0.2, 0.25) is 0 Å². The molecule has 13 heteroatoms. The van der Waals surface area contributed by atoms with E-state index in [9.17, 15) is 39.3 Å².